The maximum absolute atomic E-state index is 3.07. The van der Waals surface area contributed by atoms with Crippen LogP contribution in [0, 0.1) is 12.0 Å². The van der Waals surface area contributed by atoms with E-state index in [1.807, 2.05) is 12.1 Å². The molecule has 54 valence electrons. The van der Waals surface area contributed by atoms with Crippen LogP contribution in [0.25, 0.3) is 0 Å². The van der Waals surface area contributed by atoms with Gasteiger partial charge in [-0.1, -0.05) is 26.2 Å². The van der Waals surface area contributed by atoms with Gasteiger partial charge in [-0.15, -0.1) is 0 Å². The molecular formula is C10H13Li. The molecule has 0 aromatic heterocycles. The molecule has 0 nitrogen and oxygen atoms in total. The Balaban J connectivity index is 0.000001000. The van der Waals surface area contributed by atoms with Crippen LogP contribution in [0.3, 0.4) is 0 Å². The van der Waals surface area contributed by atoms with E-state index in [9.17, 15) is 0 Å². The van der Waals surface area contributed by atoms with E-state index in [1.54, 1.807) is 0 Å². The molecule has 0 fully saturated rings. The van der Waals surface area contributed by atoms with Gasteiger partial charge in [0, 0.05) is 0 Å². The van der Waals surface area contributed by atoms with Gasteiger partial charge in [0.15, 0.2) is 0 Å². The zero-order chi connectivity index (χ0) is 7.40. The van der Waals surface area contributed by atoms with Gasteiger partial charge in [-0.25, -0.2) is 0 Å². The molecule has 0 aliphatic rings. The number of benzene rings is 1. The van der Waals surface area contributed by atoms with Crippen molar-refractivity contribution in [2.75, 3.05) is 0 Å². The summed E-state index contributed by atoms with van der Waals surface area (Å²) in [5.41, 5.74) is 1.39. The van der Waals surface area contributed by atoms with Gasteiger partial charge in [0.1, 0.15) is 0 Å². The van der Waals surface area contributed by atoms with Crippen LogP contribution in [0.2, 0.25) is 0 Å². The van der Waals surface area contributed by atoms with Crippen molar-refractivity contribution >= 4 is 0 Å². The molecule has 0 unspecified atom stereocenters. The minimum absolute atomic E-state index is 0. The van der Waals surface area contributed by atoms with E-state index in [-0.39, 0.29) is 18.9 Å². The second-order valence-electron chi connectivity index (χ2n) is 3.01. The zero-order valence-electron chi connectivity index (χ0n) is 7.59. The minimum Gasteiger partial charge on any atom is -0.184 e. The van der Waals surface area contributed by atoms with Gasteiger partial charge in [-0.05, 0) is 0 Å². The quantitative estimate of drug-likeness (QED) is 0.390. The van der Waals surface area contributed by atoms with Crippen molar-refractivity contribution < 1.29 is 18.9 Å². The van der Waals surface area contributed by atoms with Gasteiger partial charge in [0.05, 0.1) is 0 Å². The van der Waals surface area contributed by atoms with Gasteiger partial charge >= 0.3 is 18.9 Å². The summed E-state index contributed by atoms with van der Waals surface area (Å²) in [5, 5.41) is 0. The molecule has 1 rings (SSSR count). The van der Waals surface area contributed by atoms with Crippen LogP contribution in [0.5, 0.6) is 0 Å². The predicted molar refractivity (Wildman–Crippen MR) is 43.8 cm³/mol. The Kier molecular flexibility index (Phi) is 5.37. The molecule has 0 heterocycles. The summed E-state index contributed by atoms with van der Waals surface area (Å²) in [5.74, 6) is 0.746. The normalized spacial score (nSPS) is 9.36. The van der Waals surface area contributed by atoms with Crippen LogP contribution in [0.4, 0.5) is 0 Å². The molecular weight excluding hydrogens is 127 g/mol. The summed E-state index contributed by atoms with van der Waals surface area (Å²) in [6.45, 7) is 4.46. The van der Waals surface area contributed by atoms with Crippen LogP contribution in [-0.2, 0) is 6.42 Å². The summed E-state index contributed by atoms with van der Waals surface area (Å²) in [6.07, 6.45) is 1.16. The molecule has 1 heteroatoms. The van der Waals surface area contributed by atoms with Crippen molar-refractivity contribution in [2.24, 2.45) is 5.92 Å². The Hall–Kier alpha value is -0.183. The van der Waals surface area contributed by atoms with E-state index in [1.165, 1.54) is 5.56 Å². The number of rotatable bonds is 2. The van der Waals surface area contributed by atoms with Crippen molar-refractivity contribution in [2.45, 2.75) is 20.3 Å². The van der Waals surface area contributed by atoms with E-state index >= 15 is 0 Å². The summed E-state index contributed by atoms with van der Waals surface area (Å²) < 4.78 is 0. The third-order valence-corrected chi connectivity index (χ3v) is 1.42. The molecule has 0 N–H and O–H groups in total. The maximum Gasteiger partial charge on any atom is 1.00 e. The van der Waals surface area contributed by atoms with Crippen molar-refractivity contribution in [3.63, 3.8) is 0 Å². The monoisotopic (exact) mass is 140 g/mol. The van der Waals surface area contributed by atoms with Crippen LogP contribution < -0.4 is 18.9 Å². The maximum atomic E-state index is 3.07. The van der Waals surface area contributed by atoms with Crippen LogP contribution in [-0.4, -0.2) is 0 Å². The van der Waals surface area contributed by atoms with Crippen LogP contribution in [0.1, 0.15) is 19.4 Å². The van der Waals surface area contributed by atoms with E-state index in [0.29, 0.717) is 0 Å². The molecule has 1 aromatic rings. The Morgan fingerprint density at radius 3 is 2.64 bits per heavy atom. The fourth-order valence-corrected chi connectivity index (χ4v) is 1.03. The largest absolute Gasteiger partial charge is 1.00 e. The van der Waals surface area contributed by atoms with Crippen LogP contribution >= 0.6 is 0 Å². The third-order valence-electron chi connectivity index (χ3n) is 1.42. The molecule has 0 spiro atoms. The third kappa shape index (κ3) is 4.30. The van der Waals surface area contributed by atoms with E-state index < -0.39 is 0 Å². The van der Waals surface area contributed by atoms with E-state index in [4.69, 9.17) is 0 Å². The zero-order valence-corrected chi connectivity index (χ0v) is 7.59. The number of hydrogen-bond acceptors (Lipinski definition) is 0. The van der Waals surface area contributed by atoms with Crippen molar-refractivity contribution in [1.29, 1.82) is 0 Å². The first-order chi connectivity index (χ1) is 4.79. The van der Waals surface area contributed by atoms with Gasteiger partial charge in [0.2, 0.25) is 0 Å². The molecule has 0 saturated heterocycles. The van der Waals surface area contributed by atoms with Gasteiger partial charge in [-0.2, -0.15) is 35.9 Å². The molecule has 0 radical (unpaired) electrons. The van der Waals surface area contributed by atoms with E-state index in [2.05, 4.69) is 32.0 Å². The first-order valence-corrected chi connectivity index (χ1v) is 3.74. The summed E-state index contributed by atoms with van der Waals surface area (Å²) in [7, 11) is 0. The summed E-state index contributed by atoms with van der Waals surface area (Å²) in [6, 6.07) is 11.2. The Morgan fingerprint density at radius 1 is 1.45 bits per heavy atom. The standard InChI is InChI=1S/C10H13.Li/c1-9(2)8-10-6-4-3-5-7-10;/h3-4,6-7,9H,8H2,1-2H3;/q-1;+1. The van der Waals surface area contributed by atoms with Gasteiger partial charge < -0.3 is 0 Å². The molecule has 0 aliphatic heterocycles. The first kappa shape index (κ1) is 10.8. The van der Waals surface area contributed by atoms with Gasteiger partial charge in [0.25, 0.3) is 0 Å². The summed E-state index contributed by atoms with van der Waals surface area (Å²) >= 11 is 0. The number of hydrogen-bond donors (Lipinski definition) is 0. The van der Waals surface area contributed by atoms with Crippen molar-refractivity contribution in [3.05, 3.63) is 35.9 Å². The van der Waals surface area contributed by atoms with Crippen LogP contribution in [0.15, 0.2) is 24.3 Å². The average Bonchev–Trinajstić information content (AvgIpc) is 1.88. The second kappa shape index (κ2) is 5.47. The second-order valence-corrected chi connectivity index (χ2v) is 3.01. The average molecular weight is 140 g/mol. The molecule has 0 atom stereocenters. The minimum atomic E-state index is 0. The van der Waals surface area contributed by atoms with Gasteiger partial charge in [-0.3, -0.25) is 0 Å². The topological polar surface area (TPSA) is 0 Å². The SMILES string of the molecule is CC(C)Cc1c[c-]ccc1.[Li+]. The van der Waals surface area contributed by atoms with Crippen molar-refractivity contribution in [3.8, 4) is 0 Å². The molecule has 0 amide bonds. The predicted octanol–water partition coefficient (Wildman–Crippen LogP) is -0.311. The Bertz CT molecular complexity index is 179. The first-order valence-electron chi connectivity index (χ1n) is 3.74. The Labute approximate surface area is 81.2 Å². The molecule has 0 saturated carbocycles. The summed E-state index contributed by atoms with van der Waals surface area (Å²) in [4.78, 5) is 0. The fourth-order valence-electron chi connectivity index (χ4n) is 1.03. The van der Waals surface area contributed by atoms with Crippen molar-refractivity contribution in [1.82, 2.24) is 0 Å². The fraction of sp³-hybridized carbons (Fsp3) is 0.400. The Morgan fingerprint density at radius 2 is 2.18 bits per heavy atom. The smallest absolute Gasteiger partial charge is 0.184 e. The molecule has 0 aliphatic carbocycles. The molecule has 11 heavy (non-hydrogen) atoms. The van der Waals surface area contributed by atoms with E-state index in [0.717, 1.165) is 12.3 Å². The molecule has 1 aromatic carbocycles. The molecule has 0 bridgehead atoms.